The minimum absolute atomic E-state index is 0.208. The second kappa shape index (κ2) is 9.45. The van der Waals surface area contributed by atoms with E-state index in [9.17, 15) is 9.18 Å². The first-order valence-corrected chi connectivity index (χ1v) is 8.99. The van der Waals surface area contributed by atoms with E-state index in [4.69, 9.17) is 4.74 Å². The molecule has 1 aromatic heterocycles. The second-order valence-corrected chi connectivity index (χ2v) is 5.98. The molecule has 144 valence electrons. The summed E-state index contributed by atoms with van der Waals surface area (Å²) in [5, 5.41) is 6.32. The average molecular weight is 380 g/mol. The molecule has 1 heterocycles. The molecular formula is C21H21FN4O2. The standard InChI is InChI=1S/C21H21FN4O2/c1-2-28-21(27)16-7-9-17(10-8-16)26-20-13-19(24-14-25-20)23-12-11-15-5-3-4-6-18(15)22/h3-10,13-14H,2,11-12H2,1H3,(H2,23,24,25,26). The van der Waals surface area contributed by atoms with Gasteiger partial charge < -0.3 is 15.4 Å². The van der Waals surface area contributed by atoms with Crippen LogP contribution in [-0.4, -0.2) is 29.1 Å². The van der Waals surface area contributed by atoms with Crippen LogP contribution in [-0.2, 0) is 11.2 Å². The third-order valence-electron chi connectivity index (χ3n) is 3.99. The van der Waals surface area contributed by atoms with Crippen molar-refractivity contribution >= 4 is 23.3 Å². The Labute approximate surface area is 162 Å². The van der Waals surface area contributed by atoms with Gasteiger partial charge in [-0.15, -0.1) is 0 Å². The molecule has 28 heavy (non-hydrogen) atoms. The van der Waals surface area contributed by atoms with Crippen LogP contribution in [0.5, 0.6) is 0 Å². The molecule has 0 saturated carbocycles. The molecule has 0 aliphatic heterocycles. The van der Waals surface area contributed by atoms with Crippen LogP contribution in [0.1, 0.15) is 22.8 Å². The Hall–Kier alpha value is -3.48. The molecule has 0 fully saturated rings. The Morgan fingerprint density at radius 1 is 1.07 bits per heavy atom. The normalized spacial score (nSPS) is 10.4. The molecule has 0 bridgehead atoms. The van der Waals surface area contributed by atoms with Gasteiger partial charge in [0.25, 0.3) is 0 Å². The van der Waals surface area contributed by atoms with Crippen molar-refractivity contribution in [3.8, 4) is 0 Å². The van der Waals surface area contributed by atoms with E-state index in [2.05, 4.69) is 20.6 Å². The minimum atomic E-state index is -0.350. The third-order valence-corrected chi connectivity index (χ3v) is 3.99. The fourth-order valence-corrected chi connectivity index (χ4v) is 2.60. The van der Waals surface area contributed by atoms with Gasteiger partial charge in [-0.25, -0.2) is 19.2 Å². The predicted octanol–water partition coefficient (Wildman–Crippen LogP) is 4.19. The van der Waals surface area contributed by atoms with Crippen LogP contribution in [0, 0.1) is 5.82 Å². The fourth-order valence-electron chi connectivity index (χ4n) is 2.60. The van der Waals surface area contributed by atoms with Gasteiger partial charge in [0.05, 0.1) is 12.2 Å². The number of benzene rings is 2. The van der Waals surface area contributed by atoms with E-state index in [0.717, 1.165) is 5.69 Å². The largest absolute Gasteiger partial charge is 0.462 e. The van der Waals surface area contributed by atoms with Crippen LogP contribution >= 0.6 is 0 Å². The Balaban J connectivity index is 1.57. The third kappa shape index (κ3) is 5.26. The maximum Gasteiger partial charge on any atom is 0.338 e. The van der Waals surface area contributed by atoms with Crippen LogP contribution in [0.25, 0.3) is 0 Å². The van der Waals surface area contributed by atoms with Crippen LogP contribution in [0.4, 0.5) is 21.7 Å². The Kier molecular flexibility index (Phi) is 6.51. The lowest BCUT2D eigenvalue weighted by Crippen LogP contribution is -2.08. The van der Waals surface area contributed by atoms with Gasteiger partial charge in [0.2, 0.25) is 0 Å². The Morgan fingerprint density at radius 2 is 1.82 bits per heavy atom. The topological polar surface area (TPSA) is 76.1 Å². The lowest BCUT2D eigenvalue weighted by molar-refractivity contribution is 0.0526. The van der Waals surface area contributed by atoms with E-state index in [1.165, 1.54) is 12.4 Å². The summed E-state index contributed by atoms with van der Waals surface area (Å²) < 4.78 is 18.6. The van der Waals surface area contributed by atoms with Crippen LogP contribution in [0.2, 0.25) is 0 Å². The molecular weight excluding hydrogens is 359 g/mol. The van der Waals surface area contributed by atoms with Gasteiger partial charge in [-0.1, -0.05) is 18.2 Å². The molecule has 0 spiro atoms. The Morgan fingerprint density at radius 3 is 2.57 bits per heavy atom. The van der Waals surface area contributed by atoms with E-state index in [1.807, 2.05) is 6.07 Å². The molecule has 0 atom stereocenters. The highest BCUT2D eigenvalue weighted by atomic mass is 19.1. The number of halogens is 1. The van der Waals surface area contributed by atoms with Crippen molar-refractivity contribution in [1.29, 1.82) is 0 Å². The van der Waals surface area contributed by atoms with Crippen molar-refractivity contribution in [3.05, 3.63) is 77.9 Å². The highest BCUT2D eigenvalue weighted by Crippen LogP contribution is 2.17. The summed E-state index contributed by atoms with van der Waals surface area (Å²) in [6.45, 7) is 2.66. The van der Waals surface area contributed by atoms with E-state index < -0.39 is 0 Å². The van der Waals surface area contributed by atoms with Crippen molar-refractivity contribution in [2.24, 2.45) is 0 Å². The van der Waals surface area contributed by atoms with Gasteiger partial charge in [0, 0.05) is 18.3 Å². The minimum Gasteiger partial charge on any atom is -0.462 e. The number of rotatable bonds is 8. The van der Waals surface area contributed by atoms with Crippen LogP contribution in [0.3, 0.4) is 0 Å². The lowest BCUT2D eigenvalue weighted by atomic mass is 10.1. The molecule has 6 nitrogen and oxygen atoms in total. The van der Waals surface area contributed by atoms with Gasteiger partial charge in [-0.3, -0.25) is 0 Å². The molecule has 0 amide bonds. The summed E-state index contributed by atoms with van der Waals surface area (Å²) >= 11 is 0. The zero-order valence-corrected chi connectivity index (χ0v) is 15.5. The van der Waals surface area contributed by atoms with Gasteiger partial charge >= 0.3 is 5.97 Å². The number of carbonyl (C=O) groups is 1. The summed E-state index contributed by atoms with van der Waals surface area (Å²) in [6, 6.07) is 15.4. The summed E-state index contributed by atoms with van der Waals surface area (Å²) in [6.07, 6.45) is 2.00. The van der Waals surface area contributed by atoms with Crippen molar-refractivity contribution in [3.63, 3.8) is 0 Å². The zero-order valence-electron chi connectivity index (χ0n) is 15.5. The van der Waals surface area contributed by atoms with Crippen LogP contribution in [0.15, 0.2) is 60.9 Å². The summed E-state index contributed by atoms with van der Waals surface area (Å²) in [5.74, 6) is 0.683. The summed E-state index contributed by atoms with van der Waals surface area (Å²) in [4.78, 5) is 20.1. The first-order chi connectivity index (χ1) is 13.7. The molecule has 0 aliphatic rings. The monoisotopic (exact) mass is 380 g/mol. The first kappa shape index (κ1) is 19.3. The van der Waals surface area contributed by atoms with Gasteiger partial charge in [-0.05, 0) is 49.2 Å². The van der Waals surface area contributed by atoms with E-state index in [1.54, 1.807) is 49.4 Å². The molecule has 3 aromatic rings. The smallest absolute Gasteiger partial charge is 0.338 e. The maximum atomic E-state index is 13.7. The number of esters is 1. The van der Waals surface area contributed by atoms with E-state index in [0.29, 0.717) is 42.3 Å². The number of ether oxygens (including phenoxy) is 1. The summed E-state index contributed by atoms with van der Waals surface area (Å²) in [5.41, 5.74) is 1.93. The highest BCUT2D eigenvalue weighted by molar-refractivity contribution is 5.89. The van der Waals surface area contributed by atoms with Crippen molar-refractivity contribution in [2.75, 3.05) is 23.8 Å². The molecule has 2 aromatic carbocycles. The Bertz CT molecular complexity index is 932. The molecule has 0 saturated heterocycles. The second-order valence-electron chi connectivity index (χ2n) is 5.98. The van der Waals surface area contributed by atoms with Gasteiger partial charge in [0.1, 0.15) is 23.8 Å². The fraction of sp³-hybridized carbons (Fsp3) is 0.190. The molecule has 0 radical (unpaired) electrons. The lowest BCUT2D eigenvalue weighted by Gasteiger charge is -2.09. The number of nitrogens with one attached hydrogen (secondary N) is 2. The zero-order chi connectivity index (χ0) is 19.8. The number of aromatic nitrogens is 2. The average Bonchev–Trinajstić information content (AvgIpc) is 2.70. The van der Waals surface area contributed by atoms with Crippen molar-refractivity contribution < 1.29 is 13.9 Å². The number of hydrogen-bond acceptors (Lipinski definition) is 6. The molecule has 3 rings (SSSR count). The highest BCUT2D eigenvalue weighted by Gasteiger charge is 2.06. The molecule has 0 unspecified atom stereocenters. The van der Waals surface area contributed by atoms with Crippen molar-refractivity contribution in [1.82, 2.24) is 9.97 Å². The molecule has 0 aliphatic carbocycles. The number of nitrogens with zero attached hydrogens (tertiary/aromatic N) is 2. The first-order valence-electron chi connectivity index (χ1n) is 8.99. The number of anilines is 3. The van der Waals surface area contributed by atoms with Gasteiger partial charge in [0.15, 0.2) is 0 Å². The SMILES string of the molecule is CCOC(=O)c1ccc(Nc2cc(NCCc3ccccc3F)ncn2)cc1. The predicted molar refractivity (Wildman–Crippen MR) is 106 cm³/mol. The van der Waals surface area contributed by atoms with Gasteiger partial charge in [-0.2, -0.15) is 0 Å². The quantitative estimate of drug-likeness (QED) is 0.571. The van der Waals surface area contributed by atoms with Crippen molar-refractivity contribution in [2.45, 2.75) is 13.3 Å². The summed E-state index contributed by atoms with van der Waals surface area (Å²) in [7, 11) is 0. The number of carbonyl (C=O) groups excluding carboxylic acids is 1. The number of hydrogen-bond donors (Lipinski definition) is 2. The van der Waals surface area contributed by atoms with Crippen LogP contribution < -0.4 is 10.6 Å². The maximum absolute atomic E-state index is 13.7. The molecule has 2 N–H and O–H groups in total. The molecule has 7 heteroatoms. The van der Waals surface area contributed by atoms with E-state index in [-0.39, 0.29) is 11.8 Å². The van der Waals surface area contributed by atoms with E-state index >= 15 is 0 Å².